The number of nitrogens with zero attached hydrogens (tertiary/aromatic N) is 3. The molecule has 0 unspecified atom stereocenters. The first kappa shape index (κ1) is 18.1. The Bertz CT molecular complexity index is 487. The zero-order valence-corrected chi connectivity index (χ0v) is 12.4. The summed E-state index contributed by atoms with van der Waals surface area (Å²) in [5.41, 5.74) is 0.219. The van der Waals surface area contributed by atoms with Gasteiger partial charge in [-0.25, -0.2) is 0 Å². The van der Waals surface area contributed by atoms with Crippen molar-refractivity contribution in [2.75, 3.05) is 0 Å². The van der Waals surface area contributed by atoms with Gasteiger partial charge in [-0.3, -0.25) is 9.67 Å². The maximum Gasteiger partial charge on any atom is 0.417 e. The molecule has 0 aromatic carbocycles. The van der Waals surface area contributed by atoms with Gasteiger partial charge < -0.3 is 0 Å². The second-order valence-corrected chi connectivity index (χ2v) is 3.30. The van der Waals surface area contributed by atoms with Gasteiger partial charge in [-0.15, -0.1) is 0 Å². The van der Waals surface area contributed by atoms with Gasteiger partial charge in [-0.05, 0) is 18.2 Å². The lowest BCUT2D eigenvalue weighted by molar-refractivity contribution is -0.137. The van der Waals surface area contributed by atoms with Crippen molar-refractivity contribution in [2.45, 2.75) is 33.9 Å². The maximum absolute atomic E-state index is 12.3. The van der Waals surface area contributed by atoms with Gasteiger partial charge in [0.05, 0.1) is 11.3 Å². The highest BCUT2D eigenvalue weighted by atomic mass is 19.4. The monoisotopic (exact) mass is 287 g/mol. The summed E-state index contributed by atoms with van der Waals surface area (Å²) in [6.07, 6.45) is -1.84. The predicted octanol–water partition coefficient (Wildman–Crippen LogP) is 4.55. The lowest BCUT2D eigenvalue weighted by atomic mass is 10.2. The summed E-state index contributed by atoms with van der Waals surface area (Å²) in [5, 5.41) is 4.05. The molecule has 2 aromatic rings. The van der Waals surface area contributed by atoms with Crippen molar-refractivity contribution in [1.82, 2.24) is 14.8 Å². The fourth-order valence-corrected chi connectivity index (χ4v) is 1.26. The maximum atomic E-state index is 12.3. The second-order valence-electron chi connectivity index (χ2n) is 3.30. The summed E-state index contributed by atoms with van der Waals surface area (Å²) >= 11 is 0. The number of hydrogen-bond donors (Lipinski definition) is 0. The third-order valence-electron chi connectivity index (χ3n) is 2.07. The van der Waals surface area contributed by atoms with Crippen LogP contribution in [0.3, 0.4) is 0 Å². The van der Waals surface area contributed by atoms with Gasteiger partial charge in [0.2, 0.25) is 0 Å². The highest BCUT2D eigenvalue weighted by Crippen LogP contribution is 2.29. The lowest BCUT2D eigenvalue weighted by Crippen LogP contribution is -2.05. The van der Waals surface area contributed by atoms with E-state index in [0.29, 0.717) is 11.4 Å². The number of halogens is 3. The van der Waals surface area contributed by atoms with E-state index in [9.17, 15) is 13.2 Å². The Morgan fingerprint density at radius 1 is 0.950 bits per heavy atom. The highest BCUT2D eigenvalue weighted by molar-refractivity contribution is 5.53. The minimum Gasteiger partial charge on any atom is -0.275 e. The number of alkyl halides is 3. The summed E-state index contributed by atoms with van der Waals surface area (Å²) in [5.74, 6) is 0. The summed E-state index contributed by atoms with van der Waals surface area (Å²) in [6.45, 7) is 8.00. The van der Waals surface area contributed by atoms with Crippen LogP contribution in [-0.4, -0.2) is 14.8 Å². The van der Waals surface area contributed by atoms with Gasteiger partial charge in [0, 0.05) is 19.4 Å². The molecule has 3 nitrogen and oxygen atoms in total. The highest BCUT2D eigenvalue weighted by Gasteiger charge is 2.30. The average Bonchev–Trinajstić information content (AvgIpc) is 2.89. The molecule has 0 N–H and O–H groups in total. The van der Waals surface area contributed by atoms with Crippen LogP contribution in [0, 0.1) is 0 Å². The SMILES string of the molecule is CC.CC.Cn1ccc(-c2ccc(C(F)(F)F)cn2)n1. The molecule has 20 heavy (non-hydrogen) atoms. The first-order valence-electron chi connectivity index (χ1n) is 6.50. The molecule has 0 aliphatic heterocycles. The number of aromatic nitrogens is 3. The van der Waals surface area contributed by atoms with Crippen LogP contribution < -0.4 is 0 Å². The Balaban J connectivity index is 0.000000829. The molecule has 112 valence electrons. The zero-order chi connectivity index (χ0) is 15.8. The van der Waals surface area contributed by atoms with Gasteiger partial charge in [0.25, 0.3) is 0 Å². The molecule has 0 radical (unpaired) electrons. The van der Waals surface area contributed by atoms with Gasteiger partial charge in [0.15, 0.2) is 0 Å². The molecule has 0 spiro atoms. The van der Waals surface area contributed by atoms with Crippen LogP contribution in [0.15, 0.2) is 30.6 Å². The van der Waals surface area contributed by atoms with Crippen LogP contribution in [-0.2, 0) is 13.2 Å². The molecule has 0 fully saturated rings. The Morgan fingerprint density at radius 2 is 1.55 bits per heavy atom. The second kappa shape index (κ2) is 8.35. The van der Waals surface area contributed by atoms with Crippen LogP contribution in [0.25, 0.3) is 11.4 Å². The van der Waals surface area contributed by atoms with E-state index in [0.717, 1.165) is 12.3 Å². The fourth-order valence-electron chi connectivity index (χ4n) is 1.26. The minimum absolute atomic E-state index is 0.425. The van der Waals surface area contributed by atoms with Crippen molar-refractivity contribution in [3.8, 4) is 11.4 Å². The standard InChI is InChI=1S/C10H8F3N3.2C2H6/c1-16-5-4-9(15-16)8-3-2-7(6-14-8)10(11,12)13;2*1-2/h2-6H,1H3;2*1-2H3. The van der Waals surface area contributed by atoms with Crippen LogP contribution in [0.4, 0.5) is 13.2 Å². The number of aryl methyl sites for hydroxylation is 1. The van der Waals surface area contributed by atoms with Gasteiger partial charge in [-0.1, -0.05) is 27.7 Å². The van der Waals surface area contributed by atoms with Crippen LogP contribution in [0.1, 0.15) is 33.3 Å². The zero-order valence-electron chi connectivity index (χ0n) is 12.4. The Morgan fingerprint density at radius 3 is 1.90 bits per heavy atom. The number of hydrogen-bond acceptors (Lipinski definition) is 2. The van der Waals surface area contributed by atoms with Crippen molar-refractivity contribution in [2.24, 2.45) is 7.05 Å². The van der Waals surface area contributed by atoms with E-state index in [1.54, 1.807) is 24.0 Å². The van der Waals surface area contributed by atoms with E-state index in [1.165, 1.54) is 6.07 Å². The molecule has 0 amide bonds. The Hall–Kier alpha value is -1.85. The minimum atomic E-state index is -4.35. The molecule has 0 saturated heterocycles. The third kappa shape index (κ3) is 5.03. The third-order valence-corrected chi connectivity index (χ3v) is 2.07. The molecule has 0 atom stereocenters. The summed E-state index contributed by atoms with van der Waals surface area (Å²) < 4.78 is 38.4. The van der Waals surface area contributed by atoms with E-state index < -0.39 is 11.7 Å². The van der Waals surface area contributed by atoms with Gasteiger partial charge in [0.1, 0.15) is 5.69 Å². The molecule has 2 heterocycles. The molecule has 0 aliphatic rings. The largest absolute Gasteiger partial charge is 0.417 e. The molecule has 0 aliphatic carbocycles. The lowest BCUT2D eigenvalue weighted by Gasteiger charge is -2.05. The van der Waals surface area contributed by atoms with Crippen molar-refractivity contribution >= 4 is 0 Å². The Labute approximate surface area is 117 Å². The van der Waals surface area contributed by atoms with E-state index in [2.05, 4.69) is 10.1 Å². The fraction of sp³-hybridized carbons (Fsp3) is 0.429. The first-order chi connectivity index (χ1) is 9.47. The van der Waals surface area contributed by atoms with E-state index in [4.69, 9.17) is 0 Å². The van der Waals surface area contributed by atoms with Crippen LogP contribution >= 0.6 is 0 Å². The molecule has 6 heteroatoms. The van der Waals surface area contributed by atoms with Crippen molar-refractivity contribution in [3.63, 3.8) is 0 Å². The van der Waals surface area contributed by atoms with Crippen molar-refractivity contribution in [3.05, 3.63) is 36.2 Å². The summed E-state index contributed by atoms with van der Waals surface area (Å²) in [7, 11) is 1.73. The normalized spacial score (nSPS) is 10.0. The van der Waals surface area contributed by atoms with Crippen LogP contribution in [0.2, 0.25) is 0 Å². The van der Waals surface area contributed by atoms with Gasteiger partial charge in [-0.2, -0.15) is 18.3 Å². The predicted molar refractivity (Wildman–Crippen MR) is 74.1 cm³/mol. The quantitative estimate of drug-likeness (QED) is 0.770. The van der Waals surface area contributed by atoms with Crippen LogP contribution in [0.5, 0.6) is 0 Å². The number of rotatable bonds is 1. The van der Waals surface area contributed by atoms with E-state index >= 15 is 0 Å². The smallest absolute Gasteiger partial charge is 0.275 e. The number of pyridine rings is 1. The van der Waals surface area contributed by atoms with E-state index in [1.807, 2.05) is 27.7 Å². The molecule has 0 saturated carbocycles. The molecule has 2 rings (SSSR count). The molecule has 0 bridgehead atoms. The molecular weight excluding hydrogens is 267 g/mol. The first-order valence-corrected chi connectivity index (χ1v) is 6.50. The summed E-state index contributed by atoms with van der Waals surface area (Å²) in [6, 6.07) is 4.00. The van der Waals surface area contributed by atoms with Crippen molar-refractivity contribution in [1.29, 1.82) is 0 Å². The summed E-state index contributed by atoms with van der Waals surface area (Å²) in [4.78, 5) is 3.73. The Kier molecular flexibility index (Phi) is 7.57. The average molecular weight is 287 g/mol. The molecular formula is C14H20F3N3. The topological polar surface area (TPSA) is 30.7 Å². The van der Waals surface area contributed by atoms with Gasteiger partial charge >= 0.3 is 6.18 Å². The van der Waals surface area contributed by atoms with Crippen molar-refractivity contribution < 1.29 is 13.2 Å². The van der Waals surface area contributed by atoms with E-state index in [-0.39, 0.29) is 0 Å². The molecule has 2 aromatic heterocycles.